The lowest BCUT2D eigenvalue weighted by Gasteiger charge is -2.38. The Bertz CT molecular complexity index is 215. The summed E-state index contributed by atoms with van der Waals surface area (Å²) in [6.07, 6.45) is -2.40. The predicted octanol–water partition coefficient (Wildman–Crippen LogP) is 1.72. The summed E-state index contributed by atoms with van der Waals surface area (Å²) in [7, 11) is 2.09. The number of halogens is 3. The van der Waals surface area contributed by atoms with Crippen LogP contribution in [-0.2, 0) is 0 Å². The Hall–Kier alpha value is -0.290. The van der Waals surface area contributed by atoms with Crippen LogP contribution in [0.15, 0.2) is 0 Å². The third kappa shape index (κ3) is 2.64. The summed E-state index contributed by atoms with van der Waals surface area (Å²) in [6, 6.07) is 0.967. The molecule has 0 N–H and O–H groups in total. The van der Waals surface area contributed by atoms with Gasteiger partial charge in [0.15, 0.2) is 0 Å². The van der Waals surface area contributed by atoms with Crippen molar-refractivity contribution in [3.8, 4) is 0 Å². The van der Waals surface area contributed by atoms with E-state index in [4.69, 9.17) is 0 Å². The zero-order valence-electron chi connectivity index (χ0n) is 8.93. The van der Waals surface area contributed by atoms with Gasteiger partial charge in [0.2, 0.25) is 0 Å². The molecule has 0 radical (unpaired) electrons. The molecule has 2 atom stereocenters. The van der Waals surface area contributed by atoms with Crippen molar-refractivity contribution < 1.29 is 13.2 Å². The van der Waals surface area contributed by atoms with E-state index < -0.39 is 12.6 Å². The highest BCUT2D eigenvalue weighted by Gasteiger charge is 2.38. The second kappa shape index (κ2) is 3.94. The quantitative estimate of drug-likeness (QED) is 0.702. The Morgan fingerprint density at radius 2 is 1.67 bits per heavy atom. The summed E-state index contributed by atoms with van der Waals surface area (Å²) in [5, 5.41) is 0. The first-order valence-corrected chi connectivity index (χ1v) is 5.47. The van der Waals surface area contributed by atoms with Crippen molar-refractivity contribution in [2.75, 3.05) is 26.7 Å². The van der Waals surface area contributed by atoms with Crippen LogP contribution in [-0.4, -0.2) is 54.7 Å². The largest absolute Gasteiger partial charge is 0.390 e. The molecule has 2 rings (SSSR count). The van der Waals surface area contributed by atoms with Crippen molar-refractivity contribution in [3.63, 3.8) is 0 Å². The average molecular weight is 222 g/mol. The van der Waals surface area contributed by atoms with E-state index in [0.29, 0.717) is 12.1 Å². The minimum Gasteiger partial charge on any atom is -0.300 e. The fraction of sp³-hybridized carbons (Fsp3) is 1.00. The summed E-state index contributed by atoms with van der Waals surface area (Å²) < 4.78 is 36.2. The number of rotatable bonds is 2. The molecule has 2 aliphatic rings. The fourth-order valence-electron chi connectivity index (χ4n) is 2.67. The SMILES string of the molecule is CN1C2CCC1CN(CCC(F)(F)F)C2. The van der Waals surface area contributed by atoms with Crippen LogP contribution in [0.2, 0.25) is 0 Å². The summed E-state index contributed by atoms with van der Waals surface area (Å²) in [4.78, 5) is 4.29. The van der Waals surface area contributed by atoms with E-state index in [0.717, 1.165) is 25.9 Å². The number of nitrogens with zero attached hydrogens (tertiary/aromatic N) is 2. The zero-order valence-corrected chi connectivity index (χ0v) is 8.93. The maximum Gasteiger partial charge on any atom is 0.390 e. The van der Waals surface area contributed by atoms with Crippen molar-refractivity contribution in [1.29, 1.82) is 0 Å². The molecule has 0 saturated carbocycles. The molecule has 0 aliphatic carbocycles. The van der Waals surface area contributed by atoms with Gasteiger partial charge in [-0.25, -0.2) is 0 Å². The molecule has 88 valence electrons. The molecule has 0 spiro atoms. The van der Waals surface area contributed by atoms with Crippen LogP contribution >= 0.6 is 0 Å². The monoisotopic (exact) mass is 222 g/mol. The molecule has 0 aromatic carbocycles. The summed E-state index contributed by atoms with van der Waals surface area (Å²) in [6.45, 7) is 1.79. The summed E-state index contributed by atoms with van der Waals surface area (Å²) in [5.74, 6) is 0. The normalized spacial score (nSPS) is 33.6. The first-order valence-electron chi connectivity index (χ1n) is 5.47. The van der Waals surface area contributed by atoms with Gasteiger partial charge in [0.1, 0.15) is 0 Å². The van der Waals surface area contributed by atoms with Gasteiger partial charge >= 0.3 is 6.18 Å². The Morgan fingerprint density at radius 1 is 1.13 bits per heavy atom. The number of fused-ring (bicyclic) bond motifs is 2. The van der Waals surface area contributed by atoms with Gasteiger partial charge in [-0.3, -0.25) is 9.80 Å². The van der Waals surface area contributed by atoms with Crippen molar-refractivity contribution in [2.24, 2.45) is 0 Å². The van der Waals surface area contributed by atoms with Crippen molar-refractivity contribution >= 4 is 0 Å². The lowest BCUT2D eigenvalue weighted by Crippen LogP contribution is -2.52. The van der Waals surface area contributed by atoms with Gasteiger partial charge in [0.25, 0.3) is 0 Å². The third-order valence-corrected chi connectivity index (χ3v) is 3.63. The molecule has 2 heterocycles. The lowest BCUT2D eigenvalue weighted by molar-refractivity contribution is -0.139. The van der Waals surface area contributed by atoms with Gasteiger partial charge in [-0.15, -0.1) is 0 Å². The number of likely N-dealkylation sites (N-methyl/N-ethyl adjacent to an activating group) is 1. The second-order valence-electron chi connectivity index (χ2n) is 4.68. The van der Waals surface area contributed by atoms with Crippen LogP contribution < -0.4 is 0 Å². The van der Waals surface area contributed by atoms with E-state index in [9.17, 15) is 13.2 Å². The van der Waals surface area contributed by atoms with Crippen molar-refractivity contribution in [3.05, 3.63) is 0 Å². The highest BCUT2D eigenvalue weighted by atomic mass is 19.4. The molecule has 0 amide bonds. The van der Waals surface area contributed by atoms with Crippen molar-refractivity contribution in [1.82, 2.24) is 9.80 Å². The average Bonchev–Trinajstić information content (AvgIpc) is 2.39. The second-order valence-corrected chi connectivity index (χ2v) is 4.68. The number of likely N-dealkylation sites (tertiary alicyclic amines) is 1. The van der Waals surface area contributed by atoms with Crippen molar-refractivity contribution in [2.45, 2.75) is 37.5 Å². The molecule has 2 bridgehead atoms. The zero-order chi connectivity index (χ0) is 11.1. The van der Waals surface area contributed by atoms with Gasteiger partial charge in [-0.05, 0) is 19.9 Å². The minimum absolute atomic E-state index is 0.171. The molecule has 2 nitrogen and oxygen atoms in total. The Balaban J connectivity index is 1.82. The molecule has 5 heteroatoms. The van der Waals surface area contributed by atoms with Crippen LogP contribution in [0.3, 0.4) is 0 Å². The maximum atomic E-state index is 12.1. The van der Waals surface area contributed by atoms with Crippen LogP contribution in [0.25, 0.3) is 0 Å². The molecule has 15 heavy (non-hydrogen) atoms. The molecule has 2 unspecified atom stereocenters. The van der Waals surface area contributed by atoms with E-state index in [1.165, 1.54) is 0 Å². The Morgan fingerprint density at radius 3 is 2.13 bits per heavy atom. The van der Waals surface area contributed by atoms with Gasteiger partial charge in [-0.1, -0.05) is 0 Å². The number of piperazine rings is 1. The van der Waals surface area contributed by atoms with Crippen LogP contribution in [0.4, 0.5) is 13.2 Å². The Kier molecular flexibility index (Phi) is 2.94. The number of hydrogen-bond acceptors (Lipinski definition) is 2. The third-order valence-electron chi connectivity index (χ3n) is 3.63. The van der Waals surface area contributed by atoms with E-state index in [-0.39, 0.29) is 6.54 Å². The van der Waals surface area contributed by atoms with Crippen LogP contribution in [0.1, 0.15) is 19.3 Å². The molecule has 2 aliphatic heterocycles. The fourth-order valence-corrected chi connectivity index (χ4v) is 2.67. The smallest absolute Gasteiger partial charge is 0.300 e. The first-order chi connectivity index (χ1) is 6.96. The number of alkyl halides is 3. The minimum atomic E-state index is -4.01. The highest BCUT2D eigenvalue weighted by molar-refractivity contribution is 4.93. The predicted molar refractivity (Wildman–Crippen MR) is 51.7 cm³/mol. The van der Waals surface area contributed by atoms with E-state index in [1.54, 1.807) is 0 Å². The molecule has 2 saturated heterocycles. The molecular formula is C10H17F3N2. The van der Waals surface area contributed by atoms with E-state index in [2.05, 4.69) is 11.9 Å². The maximum absolute atomic E-state index is 12.1. The van der Waals surface area contributed by atoms with E-state index in [1.807, 2.05) is 4.90 Å². The lowest BCUT2D eigenvalue weighted by atomic mass is 10.2. The molecule has 0 aromatic heterocycles. The van der Waals surface area contributed by atoms with Gasteiger partial charge in [0, 0.05) is 31.7 Å². The van der Waals surface area contributed by atoms with Crippen LogP contribution in [0, 0.1) is 0 Å². The Labute approximate surface area is 88.0 Å². The van der Waals surface area contributed by atoms with Gasteiger partial charge in [0.05, 0.1) is 6.42 Å². The van der Waals surface area contributed by atoms with Crippen LogP contribution in [0.5, 0.6) is 0 Å². The topological polar surface area (TPSA) is 6.48 Å². The standard InChI is InChI=1S/C10H17F3N2/c1-14-8-2-3-9(14)7-15(6-8)5-4-10(11,12)13/h8-9H,2-7H2,1H3. The molecular weight excluding hydrogens is 205 g/mol. The molecule has 2 fully saturated rings. The summed E-state index contributed by atoms with van der Waals surface area (Å²) in [5.41, 5.74) is 0. The highest BCUT2D eigenvalue weighted by Crippen LogP contribution is 2.29. The first kappa shape index (κ1) is 11.2. The van der Waals surface area contributed by atoms with Gasteiger partial charge in [-0.2, -0.15) is 13.2 Å². The van der Waals surface area contributed by atoms with E-state index >= 15 is 0 Å². The van der Waals surface area contributed by atoms with Gasteiger partial charge < -0.3 is 0 Å². The number of hydrogen-bond donors (Lipinski definition) is 0. The molecule has 0 aromatic rings. The summed E-state index contributed by atoms with van der Waals surface area (Å²) >= 11 is 0.